The number of aromatic nitrogens is 3. The topological polar surface area (TPSA) is 51.9 Å². The zero-order valence-electron chi connectivity index (χ0n) is 15.0. The van der Waals surface area contributed by atoms with E-state index in [0.717, 1.165) is 10.2 Å². The summed E-state index contributed by atoms with van der Waals surface area (Å²) < 4.78 is 18.5. The number of carbonyl (C=O) groups excluding carboxylic acids is 1. The quantitative estimate of drug-likeness (QED) is 0.533. The second kappa shape index (κ2) is 7.00. The average Bonchev–Trinajstić information content (AvgIpc) is 3.32. The summed E-state index contributed by atoms with van der Waals surface area (Å²) in [6.45, 7) is 4.42. The fraction of sp³-hybridized carbons (Fsp3) is 0.200. The van der Waals surface area contributed by atoms with Crippen LogP contribution >= 0.6 is 11.3 Å². The van der Waals surface area contributed by atoms with Crippen LogP contribution in [0.25, 0.3) is 10.2 Å². The van der Waals surface area contributed by atoms with Gasteiger partial charge in [-0.1, -0.05) is 18.2 Å². The van der Waals surface area contributed by atoms with Gasteiger partial charge in [0.15, 0.2) is 0 Å². The summed E-state index contributed by atoms with van der Waals surface area (Å²) in [5.41, 5.74) is 2.81. The molecule has 7 heteroatoms. The van der Waals surface area contributed by atoms with Crippen LogP contribution in [0, 0.1) is 5.82 Å². The van der Waals surface area contributed by atoms with Crippen molar-refractivity contribution >= 4 is 33.1 Å². The van der Waals surface area contributed by atoms with Gasteiger partial charge in [0, 0.05) is 17.8 Å². The van der Waals surface area contributed by atoms with E-state index in [0.29, 0.717) is 23.5 Å². The standard InChI is InChI=1S/C20H19FN4OS/c1-13(2)25-17-7-8-27-19(17)9-18(25)20(26)23-15-10-22-24(12-15)11-14-5-3-4-6-16(14)21/h3-10,12-13H,11H2,1-2H3,(H,23,26). The predicted octanol–water partition coefficient (Wildman–Crippen LogP) is 4.92. The van der Waals surface area contributed by atoms with Gasteiger partial charge in [-0.05, 0) is 37.4 Å². The average molecular weight is 382 g/mol. The number of carbonyl (C=O) groups is 1. The Morgan fingerprint density at radius 2 is 2.11 bits per heavy atom. The Bertz CT molecular complexity index is 1110. The molecule has 0 atom stereocenters. The first-order valence-electron chi connectivity index (χ1n) is 8.68. The SMILES string of the molecule is CC(C)n1c(C(=O)Nc2cnn(Cc3ccccc3F)c2)cc2sccc21. The molecule has 3 aromatic heterocycles. The van der Waals surface area contributed by atoms with E-state index in [2.05, 4.69) is 24.3 Å². The molecule has 0 aliphatic carbocycles. The van der Waals surface area contributed by atoms with E-state index in [1.165, 1.54) is 6.07 Å². The zero-order valence-corrected chi connectivity index (χ0v) is 15.8. The summed E-state index contributed by atoms with van der Waals surface area (Å²) in [7, 11) is 0. The van der Waals surface area contributed by atoms with Crippen molar-refractivity contribution in [2.24, 2.45) is 0 Å². The molecule has 0 aliphatic rings. The fourth-order valence-corrected chi connectivity index (χ4v) is 4.00. The van der Waals surface area contributed by atoms with Crippen molar-refractivity contribution in [3.63, 3.8) is 0 Å². The second-order valence-electron chi connectivity index (χ2n) is 6.64. The third kappa shape index (κ3) is 3.38. The second-order valence-corrected chi connectivity index (χ2v) is 7.58. The third-order valence-electron chi connectivity index (χ3n) is 4.39. The molecule has 0 saturated carbocycles. The maximum Gasteiger partial charge on any atom is 0.272 e. The largest absolute Gasteiger partial charge is 0.333 e. The normalized spacial score (nSPS) is 11.4. The highest BCUT2D eigenvalue weighted by molar-refractivity contribution is 7.17. The predicted molar refractivity (Wildman–Crippen MR) is 106 cm³/mol. The van der Waals surface area contributed by atoms with Gasteiger partial charge in [-0.15, -0.1) is 11.3 Å². The maximum atomic E-state index is 13.8. The van der Waals surface area contributed by atoms with E-state index in [9.17, 15) is 9.18 Å². The lowest BCUT2D eigenvalue weighted by Gasteiger charge is -2.13. The number of halogens is 1. The van der Waals surface area contributed by atoms with Gasteiger partial charge in [-0.25, -0.2) is 4.39 Å². The minimum atomic E-state index is -0.270. The number of nitrogens with one attached hydrogen (secondary N) is 1. The highest BCUT2D eigenvalue weighted by Crippen LogP contribution is 2.28. The number of anilines is 1. The van der Waals surface area contributed by atoms with Gasteiger partial charge in [-0.3, -0.25) is 9.48 Å². The summed E-state index contributed by atoms with van der Waals surface area (Å²) in [5.74, 6) is -0.453. The molecule has 4 rings (SSSR count). The minimum absolute atomic E-state index is 0.168. The molecule has 1 amide bonds. The number of fused-ring (bicyclic) bond motifs is 1. The van der Waals surface area contributed by atoms with Crippen molar-refractivity contribution in [2.75, 3.05) is 5.32 Å². The molecule has 0 radical (unpaired) electrons. The number of thiophene rings is 1. The lowest BCUT2D eigenvalue weighted by Crippen LogP contribution is -2.17. The van der Waals surface area contributed by atoms with Crippen molar-refractivity contribution in [2.45, 2.75) is 26.4 Å². The van der Waals surface area contributed by atoms with Crippen molar-refractivity contribution in [1.82, 2.24) is 14.3 Å². The smallest absolute Gasteiger partial charge is 0.272 e. The molecule has 1 N–H and O–H groups in total. The minimum Gasteiger partial charge on any atom is -0.333 e. The van der Waals surface area contributed by atoms with Gasteiger partial charge in [0.25, 0.3) is 5.91 Å². The lowest BCUT2D eigenvalue weighted by molar-refractivity contribution is 0.101. The Labute approximate surface area is 160 Å². The molecule has 4 aromatic rings. The Hall–Kier alpha value is -2.93. The van der Waals surface area contributed by atoms with Crippen LogP contribution in [0.5, 0.6) is 0 Å². The van der Waals surface area contributed by atoms with Crippen LogP contribution in [0.1, 0.15) is 35.9 Å². The highest BCUT2D eigenvalue weighted by Gasteiger charge is 2.19. The third-order valence-corrected chi connectivity index (χ3v) is 5.24. The van der Waals surface area contributed by atoms with Crippen LogP contribution in [0.3, 0.4) is 0 Å². The van der Waals surface area contributed by atoms with E-state index in [1.807, 2.05) is 22.1 Å². The highest BCUT2D eigenvalue weighted by atomic mass is 32.1. The summed E-state index contributed by atoms with van der Waals surface area (Å²) in [6, 6.07) is 10.7. The number of hydrogen-bond acceptors (Lipinski definition) is 3. The van der Waals surface area contributed by atoms with Gasteiger partial charge in [-0.2, -0.15) is 5.10 Å². The summed E-state index contributed by atoms with van der Waals surface area (Å²) in [5, 5.41) is 9.14. The van der Waals surface area contributed by atoms with Crippen molar-refractivity contribution in [3.05, 3.63) is 71.2 Å². The monoisotopic (exact) mass is 382 g/mol. The summed E-state index contributed by atoms with van der Waals surface area (Å²) in [6.07, 6.45) is 3.28. The first-order chi connectivity index (χ1) is 13.0. The number of rotatable bonds is 5. The van der Waals surface area contributed by atoms with Crippen LogP contribution < -0.4 is 5.32 Å². The molecule has 0 spiro atoms. The maximum absolute atomic E-state index is 13.8. The first-order valence-corrected chi connectivity index (χ1v) is 9.56. The van der Waals surface area contributed by atoms with Crippen molar-refractivity contribution in [1.29, 1.82) is 0 Å². The molecule has 0 aliphatic heterocycles. The first kappa shape index (κ1) is 17.5. The van der Waals surface area contributed by atoms with Gasteiger partial charge in [0.05, 0.1) is 28.6 Å². The Morgan fingerprint density at radius 1 is 1.30 bits per heavy atom. The van der Waals surface area contributed by atoms with E-state index in [-0.39, 0.29) is 17.8 Å². The Balaban J connectivity index is 1.54. The number of nitrogens with zero attached hydrogens (tertiary/aromatic N) is 3. The molecular weight excluding hydrogens is 363 g/mol. The molecule has 27 heavy (non-hydrogen) atoms. The van der Waals surface area contributed by atoms with E-state index >= 15 is 0 Å². The van der Waals surface area contributed by atoms with Crippen molar-refractivity contribution in [3.8, 4) is 0 Å². The lowest BCUT2D eigenvalue weighted by atomic mass is 10.2. The molecule has 0 fully saturated rings. The van der Waals surface area contributed by atoms with E-state index in [4.69, 9.17) is 0 Å². The molecular formula is C20H19FN4OS. The Morgan fingerprint density at radius 3 is 2.89 bits per heavy atom. The molecule has 0 saturated heterocycles. The van der Waals surface area contributed by atoms with E-state index < -0.39 is 0 Å². The molecule has 3 heterocycles. The fourth-order valence-electron chi connectivity index (χ4n) is 3.19. The molecule has 138 valence electrons. The van der Waals surface area contributed by atoms with Crippen LogP contribution in [0.4, 0.5) is 10.1 Å². The summed E-state index contributed by atoms with van der Waals surface area (Å²) in [4.78, 5) is 12.8. The summed E-state index contributed by atoms with van der Waals surface area (Å²) >= 11 is 1.62. The molecule has 5 nitrogen and oxygen atoms in total. The van der Waals surface area contributed by atoms with E-state index in [1.54, 1.807) is 46.6 Å². The Kier molecular flexibility index (Phi) is 4.53. The van der Waals surface area contributed by atoms with Crippen molar-refractivity contribution < 1.29 is 9.18 Å². The van der Waals surface area contributed by atoms with Gasteiger partial charge in [0.1, 0.15) is 11.5 Å². The number of amides is 1. The zero-order chi connectivity index (χ0) is 19.0. The van der Waals surface area contributed by atoms with Gasteiger partial charge < -0.3 is 9.88 Å². The van der Waals surface area contributed by atoms with Crippen LogP contribution in [0.15, 0.2) is 54.2 Å². The van der Waals surface area contributed by atoms with Crippen LogP contribution in [-0.4, -0.2) is 20.3 Å². The van der Waals surface area contributed by atoms with Gasteiger partial charge >= 0.3 is 0 Å². The molecule has 0 unspecified atom stereocenters. The van der Waals surface area contributed by atoms with Crippen LogP contribution in [-0.2, 0) is 6.54 Å². The number of benzene rings is 1. The molecule has 1 aromatic carbocycles. The van der Waals surface area contributed by atoms with Gasteiger partial charge in [0.2, 0.25) is 0 Å². The molecule has 0 bridgehead atoms. The number of hydrogen-bond donors (Lipinski definition) is 1. The van der Waals surface area contributed by atoms with Crippen LogP contribution in [0.2, 0.25) is 0 Å².